The summed E-state index contributed by atoms with van der Waals surface area (Å²) < 4.78 is 0. The maximum atomic E-state index is 10.4. The van der Waals surface area contributed by atoms with Gasteiger partial charge in [-0.2, -0.15) is 0 Å². The SMILES string of the molecule is Cc1ccccc1CC1(O)CCNCC1. The van der Waals surface area contributed by atoms with Gasteiger partial charge in [0.1, 0.15) is 0 Å². The molecule has 1 heterocycles. The lowest BCUT2D eigenvalue weighted by atomic mass is 9.85. The molecule has 2 N–H and O–H groups in total. The molecule has 0 bridgehead atoms. The van der Waals surface area contributed by atoms with Crippen molar-refractivity contribution in [2.45, 2.75) is 31.8 Å². The minimum atomic E-state index is -0.489. The minimum Gasteiger partial charge on any atom is -0.389 e. The summed E-state index contributed by atoms with van der Waals surface area (Å²) >= 11 is 0. The average molecular weight is 205 g/mol. The highest BCUT2D eigenvalue weighted by molar-refractivity contribution is 5.27. The van der Waals surface area contributed by atoms with Crippen LogP contribution in [0.2, 0.25) is 0 Å². The first-order chi connectivity index (χ1) is 7.20. The van der Waals surface area contributed by atoms with E-state index in [9.17, 15) is 5.11 Å². The number of benzene rings is 1. The third-order valence-corrected chi connectivity index (χ3v) is 3.32. The second kappa shape index (κ2) is 4.33. The van der Waals surface area contributed by atoms with Crippen LogP contribution in [0.5, 0.6) is 0 Å². The van der Waals surface area contributed by atoms with Gasteiger partial charge in [-0.3, -0.25) is 0 Å². The first-order valence-electron chi connectivity index (χ1n) is 5.67. The van der Waals surface area contributed by atoms with Crippen LogP contribution in [0, 0.1) is 6.92 Å². The Morgan fingerprint density at radius 1 is 1.27 bits per heavy atom. The van der Waals surface area contributed by atoms with Crippen LogP contribution in [0.4, 0.5) is 0 Å². The van der Waals surface area contributed by atoms with Gasteiger partial charge in [-0.15, -0.1) is 0 Å². The average Bonchev–Trinajstić information content (AvgIpc) is 2.22. The summed E-state index contributed by atoms with van der Waals surface area (Å²) in [7, 11) is 0. The molecule has 0 amide bonds. The number of nitrogens with one attached hydrogen (secondary N) is 1. The molecule has 0 saturated carbocycles. The monoisotopic (exact) mass is 205 g/mol. The van der Waals surface area contributed by atoms with Crippen LogP contribution in [0.15, 0.2) is 24.3 Å². The number of aliphatic hydroxyl groups is 1. The van der Waals surface area contributed by atoms with E-state index in [1.54, 1.807) is 0 Å². The normalized spacial score (nSPS) is 20.1. The third kappa shape index (κ3) is 2.58. The van der Waals surface area contributed by atoms with Crippen molar-refractivity contribution in [2.75, 3.05) is 13.1 Å². The number of hydrogen-bond acceptors (Lipinski definition) is 2. The van der Waals surface area contributed by atoms with Crippen molar-refractivity contribution >= 4 is 0 Å². The lowest BCUT2D eigenvalue weighted by Gasteiger charge is -2.33. The molecule has 2 rings (SSSR count). The van der Waals surface area contributed by atoms with E-state index in [0.717, 1.165) is 32.4 Å². The van der Waals surface area contributed by atoms with Crippen molar-refractivity contribution in [1.82, 2.24) is 5.32 Å². The number of piperidine rings is 1. The molecule has 82 valence electrons. The lowest BCUT2D eigenvalue weighted by molar-refractivity contribution is 0.0107. The molecule has 1 aliphatic heterocycles. The van der Waals surface area contributed by atoms with Crippen molar-refractivity contribution in [2.24, 2.45) is 0 Å². The summed E-state index contributed by atoms with van der Waals surface area (Å²) in [5.74, 6) is 0. The molecule has 2 heteroatoms. The quantitative estimate of drug-likeness (QED) is 0.769. The fourth-order valence-corrected chi connectivity index (χ4v) is 2.23. The lowest BCUT2D eigenvalue weighted by Crippen LogP contribution is -2.43. The largest absolute Gasteiger partial charge is 0.389 e. The fraction of sp³-hybridized carbons (Fsp3) is 0.538. The molecule has 0 atom stereocenters. The summed E-state index contributed by atoms with van der Waals surface area (Å²) in [6.07, 6.45) is 2.52. The zero-order valence-electron chi connectivity index (χ0n) is 9.29. The van der Waals surface area contributed by atoms with Gasteiger partial charge in [-0.1, -0.05) is 24.3 Å². The summed E-state index contributed by atoms with van der Waals surface area (Å²) in [6.45, 7) is 3.98. The predicted molar refractivity (Wildman–Crippen MR) is 61.9 cm³/mol. The summed E-state index contributed by atoms with van der Waals surface area (Å²) in [5, 5.41) is 13.7. The Labute approximate surface area is 91.3 Å². The summed E-state index contributed by atoms with van der Waals surface area (Å²) in [6, 6.07) is 8.33. The number of aryl methyl sites for hydroxylation is 1. The molecule has 2 nitrogen and oxygen atoms in total. The fourth-order valence-electron chi connectivity index (χ4n) is 2.23. The van der Waals surface area contributed by atoms with Gasteiger partial charge < -0.3 is 10.4 Å². The second-order valence-corrected chi connectivity index (χ2v) is 4.58. The van der Waals surface area contributed by atoms with E-state index in [1.807, 2.05) is 12.1 Å². The highest BCUT2D eigenvalue weighted by atomic mass is 16.3. The Balaban J connectivity index is 2.10. The van der Waals surface area contributed by atoms with Gasteiger partial charge in [0.25, 0.3) is 0 Å². The van der Waals surface area contributed by atoms with E-state index >= 15 is 0 Å². The molecule has 1 fully saturated rings. The van der Waals surface area contributed by atoms with Crippen molar-refractivity contribution in [3.8, 4) is 0 Å². The predicted octanol–water partition coefficient (Wildman–Crippen LogP) is 1.65. The topological polar surface area (TPSA) is 32.3 Å². The van der Waals surface area contributed by atoms with Crippen LogP contribution in [-0.2, 0) is 6.42 Å². The van der Waals surface area contributed by atoms with E-state index < -0.39 is 5.60 Å². The van der Waals surface area contributed by atoms with Gasteiger partial charge in [-0.05, 0) is 44.0 Å². The van der Waals surface area contributed by atoms with Gasteiger partial charge in [0.05, 0.1) is 5.60 Å². The molecule has 1 aromatic carbocycles. The Bertz CT molecular complexity index is 329. The smallest absolute Gasteiger partial charge is 0.0712 e. The summed E-state index contributed by atoms with van der Waals surface area (Å²) in [4.78, 5) is 0. The molecule has 0 spiro atoms. The Morgan fingerprint density at radius 2 is 1.93 bits per heavy atom. The zero-order valence-corrected chi connectivity index (χ0v) is 9.29. The molecule has 0 unspecified atom stereocenters. The molecule has 1 aliphatic rings. The van der Waals surface area contributed by atoms with Crippen LogP contribution in [0.25, 0.3) is 0 Å². The van der Waals surface area contributed by atoms with Gasteiger partial charge in [0, 0.05) is 6.42 Å². The molecule has 0 aromatic heterocycles. The van der Waals surface area contributed by atoms with E-state index in [4.69, 9.17) is 0 Å². The van der Waals surface area contributed by atoms with Crippen molar-refractivity contribution in [3.05, 3.63) is 35.4 Å². The molecule has 0 radical (unpaired) electrons. The van der Waals surface area contributed by atoms with Crippen LogP contribution >= 0.6 is 0 Å². The van der Waals surface area contributed by atoms with Gasteiger partial charge >= 0.3 is 0 Å². The zero-order chi connectivity index (χ0) is 10.7. The van der Waals surface area contributed by atoms with E-state index in [-0.39, 0.29) is 0 Å². The highest BCUT2D eigenvalue weighted by Crippen LogP contribution is 2.24. The first-order valence-corrected chi connectivity index (χ1v) is 5.67. The van der Waals surface area contributed by atoms with Crippen LogP contribution in [0.3, 0.4) is 0 Å². The van der Waals surface area contributed by atoms with Crippen molar-refractivity contribution < 1.29 is 5.11 Å². The van der Waals surface area contributed by atoms with E-state index in [2.05, 4.69) is 24.4 Å². The van der Waals surface area contributed by atoms with Crippen molar-refractivity contribution in [3.63, 3.8) is 0 Å². The standard InChI is InChI=1S/C13H19NO/c1-11-4-2-3-5-12(11)10-13(15)6-8-14-9-7-13/h2-5,14-15H,6-10H2,1H3. The maximum Gasteiger partial charge on any atom is 0.0712 e. The maximum absolute atomic E-state index is 10.4. The molecular formula is C13H19NO. The van der Waals surface area contributed by atoms with Crippen LogP contribution < -0.4 is 5.32 Å². The van der Waals surface area contributed by atoms with Crippen LogP contribution in [-0.4, -0.2) is 23.8 Å². The third-order valence-electron chi connectivity index (χ3n) is 3.32. The molecule has 0 aliphatic carbocycles. The second-order valence-electron chi connectivity index (χ2n) is 4.58. The Morgan fingerprint density at radius 3 is 2.60 bits per heavy atom. The van der Waals surface area contributed by atoms with Crippen LogP contribution in [0.1, 0.15) is 24.0 Å². The molecule has 1 aromatic rings. The minimum absolute atomic E-state index is 0.489. The number of hydrogen-bond donors (Lipinski definition) is 2. The van der Waals surface area contributed by atoms with Gasteiger partial charge in [-0.25, -0.2) is 0 Å². The highest BCUT2D eigenvalue weighted by Gasteiger charge is 2.29. The van der Waals surface area contributed by atoms with E-state index in [0.29, 0.717) is 0 Å². The first kappa shape index (κ1) is 10.7. The Kier molecular flexibility index (Phi) is 3.08. The van der Waals surface area contributed by atoms with Crippen molar-refractivity contribution in [1.29, 1.82) is 0 Å². The molecule has 1 saturated heterocycles. The summed E-state index contributed by atoms with van der Waals surface area (Å²) in [5.41, 5.74) is 2.07. The molecular weight excluding hydrogens is 186 g/mol. The number of rotatable bonds is 2. The Hall–Kier alpha value is -0.860. The van der Waals surface area contributed by atoms with Gasteiger partial charge in [0.15, 0.2) is 0 Å². The van der Waals surface area contributed by atoms with E-state index in [1.165, 1.54) is 11.1 Å². The van der Waals surface area contributed by atoms with Gasteiger partial charge in [0.2, 0.25) is 0 Å². The molecule has 15 heavy (non-hydrogen) atoms.